The summed E-state index contributed by atoms with van der Waals surface area (Å²) >= 11 is 5.31. The average Bonchev–Trinajstić information content (AvgIpc) is 2.35. The highest BCUT2D eigenvalue weighted by molar-refractivity contribution is 6.31. The molecule has 0 aliphatic heterocycles. The van der Waals surface area contributed by atoms with E-state index in [4.69, 9.17) is 16.9 Å². The van der Waals surface area contributed by atoms with E-state index in [9.17, 15) is 19.7 Å². The molecule has 6 nitrogen and oxygen atoms in total. The number of nitro benzene ring substituents is 1. The van der Waals surface area contributed by atoms with Gasteiger partial charge in [0.2, 0.25) is 0 Å². The fraction of sp³-hybridized carbons (Fsp3) is 0.100. The number of nitro groups is 1. The van der Waals surface area contributed by atoms with Gasteiger partial charge in [-0.15, -0.1) is 11.6 Å². The molecule has 0 amide bonds. The predicted octanol–water partition coefficient (Wildman–Crippen LogP) is 1.70. The van der Waals surface area contributed by atoms with Crippen molar-refractivity contribution < 1.29 is 14.5 Å². The second-order valence-electron chi connectivity index (χ2n) is 2.97. The lowest BCUT2D eigenvalue weighted by Gasteiger charge is -2.03. The van der Waals surface area contributed by atoms with Crippen LogP contribution in [0.3, 0.4) is 0 Å². The van der Waals surface area contributed by atoms with Crippen molar-refractivity contribution in [2.24, 2.45) is 0 Å². The Kier molecular flexibility index (Phi) is 3.91. The zero-order chi connectivity index (χ0) is 13.0. The molecule has 1 rings (SSSR count). The fourth-order valence-electron chi connectivity index (χ4n) is 1.32. The van der Waals surface area contributed by atoms with Crippen molar-refractivity contribution in [2.75, 3.05) is 5.88 Å². The second kappa shape index (κ2) is 5.18. The molecule has 0 spiro atoms. The minimum Gasteiger partial charge on any atom is -0.298 e. The van der Waals surface area contributed by atoms with Crippen LogP contribution in [0.2, 0.25) is 0 Å². The highest BCUT2D eigenvalue weighted by Crippen LogP contribution is 2.26. The van der Waals surface area contributed by atoms with E-state index < -0.39 is 27.8 Å². The highest BCUT2D eigenvalue weighted by Gasteiger charge is 2.26. The van der Waals surface area contributed by atoms with Crippen LogP contribution in [-0.4, -0.2) is 22.9 Å². The van der Waals surface area contributed by atoms with Crippen molar-refractivity contribution in [3.63, 3.8) is 0 Å². The number of rotatable bonds is 4. The second-order valence-corrected chi connectivity index (χ2v) is 3.23. The van der Waals surface area contributed by atoms with Gasteiger partial charge in [0.1, 0.15) is 11.6 Å². The molecule has 17 heavy (non-hydrogen) atoms. The van der Waals surface area contributed by atoms with Crippen LogP contribution in [0.5, 0.6) is 0 Å². The van der Waals surface area contributed by atoms with Gasteiger partial charge in [0.25, 0.3) is 5.69 Å². The number of halogens is 1. The van der Waals surface area contributed by atoms with Gasteiger partial charge in [-0.2, -0.15) is 5.26 Å². The number of alkyl halides is 1. The average molecular weight is 253 g/mol. The highest BCUT2D eigenvalue weighted by atomic mass is 35.5. The van der Waals surface area contributed by atoms with Crippen LogP contribution in [0.25, 0.3) is 0 Å². The molecule has 0 unspecified atom stereocenters. The zero-order valence-electron chi connectivity index (χ0n) is 8.34. The standard InChI is InChI=1S/C10H5ClN2O4/c11-3-9(15)7-2-1-6(4-12)8(5-14)10(7)13(16)17/h1-2,5H,3H2. The molecular weight excluding hydrogens is 248 g/mol. The molecule has 0 aromatic heterocycles. The summed E-state index contributed by atoms with van der Waals surface area (Å²) < 4.78 is 0. The van der Waals surface area contributed by atoms with E-state index in [1.807, 2.05) is 0 Å². The summed E-state index contributed by atoms with van der Waals surface area (Å²) in [5.74, 6) is -1.11. The quantitative estimate of drug-likeness (QED) is 0.267. The Balaban J connectivity index is 3.66. The van der Waals surface area contributed by atoms with Crippen molar-refractivity contribution >= 4 is 29.4 Å². The van der Waals surface area contributed by atoms with Crippen LogP contribution in [0.1, 0.15) is 26.3 Å². The molecule has 0 aliphatic rings. The lowest BCUT2D eigenvalue weighted by Crippen LogP contribution is -2.08. The molecule has 1 aromatic carbocycles. The summed E-state index contributed by atoms with van der Waals surface area (Å²) in [7, 11) is 0. The molecule has 86 valence electrons. The largest absolute Gasteiger partial charge is 0.298 e. The Morgan fingerprint density at radius 2 is 2.24 bits per heavy atom. The lowest BCUT2D eigenvalue weighted by molar-refractivity contribution is -0.385. The van der Waals surface area contributed by atoms with Gasteiger partial charge in [-0.05, 0) is 12.1 Å². The molecule has 1 aromatic rings. The number of hydrogen-bond donors (Lipinski definition) is 0. The van der Waals surface area contributed by atoms with Crippen LogP contribution < -0.4 is 0 Å². The Morgan fingerprint density at radius 1 is 1.59 bits per heavy atom. The van der Waals surface area contributed by atoms with Crippen LogP contribution in [0.4, 0.5) is 5.69 Å². The van der Waals surface area contributed by atoms with Crippen LogP contribution >= 0.6 is 11.6 Å². The summed E-state index contributed by atoms with van der Waals surface area (Å²) in [5, 5.41) is 19.5. The monoisotopic (exact) mass is 252 g/mol. The smallest absolute Gasteiger partial charge is 0.292 e. The van der Waals surface area contributed by atoms with E-state index in [-0.39, 0.29) is 17.4 Å². The van der Waals surface area contributed by atoms with Crippen molar-refractivity contribution in [3.05, 3.63) is 38.9 Å². The normalized spacial score (nSPS) is 9.41. The fourth-order valence-corrected chi connectivity index (χ4v) is 1.46. The maximum atomic E-state index is 11.4. The zero-order valence-corrected chi connectivity index (χ0v) is 9.10. The maximum absolute atomic E-state index is 11.4. The lowest BCUT2D eigenvalue weighted by atomic mass is 10.0. The third-order valence-electron chi connectivity index (χ3n) is 2.06. The van der Waals surface area contributed by atoms with Crippen molar-refractivity contribution in [1.29, 1.82) is 5.26 Å². The summed E-state index contributed by atoms with van der Waals surface area (Å²) in [6, 6.07) is 3.94. The van der Waals surface area contributed by atoms with E-state index in [0.717, 1.165) is 6.07 Å². The third kappa shape index (κ3) is 2.29. The number of carbonyl (C=O) groups is 2. The van der Waals surface area contributed by atoms with Gasteiger partial charge in [-0.3, -0.25) is 19.7 Å². The first-order valence-corrected chi connectivity index (χ1v) is 4.86. The number of Topliss-reactive ketones (excluding diaryl/α,β-unsaturated/α-hetero) is 1. The summed E-state index contributed by atoms with van der Waals surface area (Å²) in [5.41, 5.74) is -1.51. The van der Waals surface area contributed by atoms with Gasteiger partial charge in [0.15, 0.2) is 12.1 Å². The number of aldehydes is 1. The number of ketones is 1. The maximum Gasteiger partial charge on any atom is 0.292 e. The Bertz CT molecular complexity index is 548. The molecule has 0 saturated carbocycles. The topological polar surface area (TPSA) is 101 Å². The SMILES string of the molecule is N#Cc1ccc(C(=O)CCl)c([N+](=O)[O-])c1C=O. The molecular formula is C10H5ClN2O4. The third-order valence-corrected chi connectivity index (χ3v) is 2.30. The van der Waals surface area contributed by atoms with Gasteiger partial charge >= 0.3 is 0 Å². The summed E-state index contributed by atoms with van der Waals surface area (Å²) in [6.45, 7) is 0. The van der Waals surface area contributed by atoms with E-state index in [1.54, 1.807) is 6.07 Å². The van der Waals surface area contributed by atoms with Gasteiger partial charge in [-0.25, -0.2) is 0 Å². The van der Waals surface area contributed by atoms with E-state index >= 15 is 0 Å². The number of carbonyl (C=O) groups excluding carboxylic acids is 2. The molecule has 7 heteroatoms. The van der Waals surface area contributed by atoms with E-state index in [0.29, 0.717) is 0 Å². The van der Waals surface area contributed by atoms with Gasteiger partial charge in [-0.1, -0.05) is 0 Å². The van der Waals surface area contributed by atoms with Crippen molar-refractivity contribution in [2.45, 2.75) is 0 Å². The summed E-state index contributed by atoms with van der Waals surface area (Å²) in [4.78, 5) is 32.1. The van der Waals surface area contributed by atoms with Gasteiger partial charge in [0, 0.05) is 0 Å². The minimum atomic E-state index is -0.871. The van der Waals surface area contributed by atoms with Crippen LogP contribution in [-0.2, 0) is 0 Å². The minimum absolute atomic E-state index is 0.155. The van der Waals surface area contributed by atoms with Crippen LogP contribution in [0.15, 0.2) is 12.1 Å². The first kappa shape index (κ1) is 12.8. The summed E-state index contributed by atoms with van der Waals surface area (Å²) in [6.07, 6.45) is 0.182. The van der Waals surface area contributed by atoms with Gasteiger partial charge < -0.3 is 0 Å². The molecule has 0 aliphatic carbocycles. The van der Waals surface area contributed by atoms with E-state index in [1.165, 1.54) is 6.07 Å². The Labute approximate surface area is 101 Å². The molecule has 0 atom stereocenters. The number of nitriles is 1. The van der Waals surface area contributed by atoms with E-state index in [2.05, 4.69) is 0 Å². The Hall–Kier alpha value is -2.26. The number of benzene rings is 1. The van der Waals surface area contributed by atoms with Crippen LogP contribution in [0, 0.1) is 21.4 Å². The molecule has 0 bridgehead atoms. The van der Waals surface area contributed by atoms with Gasteiger partial charge in [0.05, 0.1) is 21.9 Å². The molecule has 0 saturated heterocycles. The molecule has 0 fully saturated rings. The van der Waals surface area contributed by atoms with Crippen molar-refractivity contribution in [1.82, 2.24) is 0 Å². The van der Waals surface area contributed by atoms with Crippen molar-refractivity contribution in [3.8, 4) is 6.07 Å². The predicted molar refractivity (Wildman–Crippen MR) is 58.2 cm³/mol. The molecule has 0 N–H and O–H groups in total. The first-order valence-electron chi connectivity index (χ1n) is 4.32. The first-order chi connectivity index (χ1) is 8.06. The number of hydrogen-bond acceptors (Lipinski definition) is 5. The number of nitrogens with zero attached hydrogens (tertiary/aromatic N) is 2. The molecule has 0 heterocycles. The molecule has 0 radical (unpaired) electrons. The Morgan fingerprint density at radius 3 is 2.65 bits per heavy atom.